The average molecular weight is 351 g/mol. The van der Waals surface area contributed by atoms with Gasteiger partial charge in [-0.2, -0.15) is 0 Å². The van der Waals surface area contributed by atoms with E-state index in [4.69, 9.17) is 17.0 Å². The molecule has 1 aromatic carbocycles. The summed E-state index contributed by atoms with van der Waals surface area (Å²) in [5, 5.41) is 0. The van der Waals surface area contributed by atoms with Crippen LogP contribution < -0.4 is 4.90 Å². The number of ether oxygens (including phenoxy) is 1. The van der Waals surface area contributed by atoms with Crippen LogP contribution in [-0.2, 0) is 9.53 Å². The number of carbonyl (C=O) groups excluding carboxylic acids is 1. The molecule has 1 saturated heterocycles. The molecule has 1 aliphatic heterocycles. The lowest BCUT2D eigenvalue weighted by Gasteiger charge is -2.20. The molecule has 1 heterocycles. The summed E-state index contributed by atoms with van der Waals surface area (Å²) in [7, 11) is 1.62. The number of amides is 1. The van der Waals surface area contributed by atoms with Crippen LogP contribution in [0, 0.1) is 0 Å². The van der Waals surface area contributed by atoms with Crippen molar-refractivity contribution in [1.82, 2.24) is 4.90 Å². The summed E-state index contributed by atoms with van der Waals surface area (Å²) in [6.07, 6.45) is 1.90. The van der Waals surface area contributed by atoms with E-state index in [0.29, 0.717) is 22.4 Å². The highest BCUT2D eigenvalue weighted by atomic mass is 32.2. The first kappa shape index (κ1) is 18.0. The van der Waals surface area contributed by atoms with Gasteiger partial charge in [0.05, 0.1) is 18.1 Å². The predicted octanol–water partition coefficient (Wildman–Crippen LogP) is 3.38. The number of hydrogen-bond donors (Lipinski definition) is 0. The van der Waals surface area contributed by atoms with E-state index in [0.717, 1.165) is 18.7 Å². The van der Waals surface area contributed by atoms with Gasteiger partial charge in [0.15, 0.2) is 0 Å². The molecule has 1 aliphatic rings. The number of thiocarbonyl (C=S) groups is 1. The van der Waals surface area contributed by atoms with Crippen LogP contribution in [-0.4, -0.2) is 48.5 Å². The van der Waals surface area contributed by atoms with Crippen molar-refractivity contribution in [2.24, 2.45) is 0 Å². The number of rotatable bonds is 7. The van der Waals surface area contributed by atoms with Crippen LogP contribution >= 0.6 is 24.0 Å². The van der Waals surface area contributed by atoms with E-state index in [9.17, 15) is 4.79 Å². The third-order valence-electron chi connectivity index (χ3n) is 3.71. The Balaban J connectivity index is 2.13. The van der Waals surface area contributed by atoms with Gasteiger partial charge in [-0.25, -0.2) is 0 Å². The van der Waals surface area contributed by atoms with E-state index >= 15 is 0 Å². The Bertz CT molecular complexity index is 595. The van der Waals surface area contributed by atoms with Gasteiger partial charge in [0.2, 0.25) is 0 Å². The van der Waals surface area contributed by atoms with E-state index in [1.165, 1.54) is 17.4 Å². The standard InChI is InChI=1S/C17H22N2O2S2/c1-4-18(5-2)14-8-6-13(7-9-14)12-15-16(20)19(10-11-21-3)17(22)23-15/h6-9,12H,4-5,10-11H2,1-3H3/b15-12-. The van der Waals surface area contributed by atoms with Gasteiger partial charge in [0, 0.05) is 25.9 Å². The second-order valence-corrected chi connectivity index (χ2v) is 6.77. The first-order valence-electron chi connectivity index (χ1n) is 7.70. The molecule has 23 heavy (non-hydrogen) atoms. The molecule has 0 aliphatic carbocycles. The third-order valence-corrected chi connectivity index (χ3v) is 5.09. The van der Waals surface area contributed by atoms with Crippen LogP contribution in [0.4, 0.5) is 5.69 Å². The van der Waals surface area contributed by atoms with Gasteiger partial charge < -0.3 is 9.64 Å². The Morgan fingerprint density at radius 3 is 2.48 bits per heavy atom. The zero-order chi connectivity index (χ0) is 16.8. The largest absolute Gasteiger partial charge is 0.383 e. The SMILES string of the molecule is CCN(CC)c1ccc(/C=C2\SC(=S)N(CCOC)C2=O)cc1. The Morgan fingerprint density at radius 2 is 1.91 bits per heavy atom. The number of methoxy groups -OCH3 is 1. The first-order chi connectivity index (χ1) is 11.1. The van der Waals surface area contributed by atoms with E-state index < -0.39 is 0 Å². The minimum Gasteiger partial charge on any atom is -0.383 e. The van der Waals surface area contributed by atoms with Gasteiger partial charge in [-0.3, -0.25) is 9.69 Å². The smallest absolute Gasteiger partial charge is 0.266 e. The lowest BCUT2D eigenvalue weighted by Crippen LogP contribution is -2.31. The minimum atomic E-state index is -0.0372. The van der Waals surface area contributed by atoms with Crippen LogP contribution in [0.5, 0.6) is 0 Å². The maximum Gasteiger partial charge on any atom is 0.266 e. The second-order valence-electron chi connectivity index (χ2n) is 5.09. The molecule has 0 unspecified atom stereocenters. The van der Waals surface area contributed by atoms with Crippen molar-refractivity contribution >= 4 is 46.0 Å². The van der Waals surface area contributed by atoms with Gasteiger partial charge in [0.1, 0.15) is 4.32 Å². The van der Waals surface area contributed by atoms with E-state index in [1.54, 1.807) is 12.0 Å². The number of anilines is 1. The highest BCUT2D eigenvalue weighted by Gasteiger charge is 2.31. The molecule has 0 atom stereocenters. The van der Waals surface area contributed by atoms with Crippen molar-refractivity contribution in [3.8, 4) is 0 Å². The van der Waals surface area contributed by atoms with Crippen LogP contribution in [0.25, 0.3) is 6.08 Å². The molecule has 2 rings (SSSR count). The van der Waals surface area contributed by atoms with Crippen LogP contribution in [0.2, 0.25) is 0 Å². The summed E-state index contributed by atoms with van der Waals surface area (Å²) in [4.78, 5) is 16.9. The number of benzene rings is 1. The highest BCUT2D eigenvalue weighted by Crippen LogP contribution is 2.32. The monoisotopic (exact) mass is 350 g/mol. The van der Waals surface area contributed by atoms with Crippen molar-refractivity contribution in [3.63, 3.8) is 0 Å². The Kier molecular flexibility index (Phi) is 6.62. The van der Waals surface area contributed by atoms with Crippen molar-refractivity contribution in [3.05, 3.63) is 34.7 Å². The predicted molar refractivity (Wildman–Crippen MR) is 102 cm³/mol. The number of nitrogens with zero attached hydrogens (tertiary/aromatic N) is 2. The quantitative estimate of drug-likeness (QED) is 0.556. The van der Waals surface area contributed by atoms with Crippen molar-refractivity contribution in [1.29, 1.82) is 0 Å². The lowest BCUT2D eigenvalue weighted by molar-refractivity contribution is -0.122. The average Bonchev–Trinajstić information content (AvgIpc) is 2.82. The summed E-state index contributed by atoms with van der Waals surface area (Å²) >= 11 is 6.63. The zero-order valence-corrected chi connectivity index (χ0v) is 15.4. The molecule has 0 saturated carbocycles. The lowest BCUT2D eigenvalue weighted by atomic mass is 10.1. The maximum absolute atomic E-state index is 12.4. The minimum absolute atomic E-state index is 0.0372. The molecule has 6 heteroatoms. The molecule has 0 spiro atoms. The molecular weight excluding hydrogens is 328 g/mol. The van der Waals surface area contributed by atoms with Gasteiger partial charge in [0.25, 0.3) is 5.91 Å². The van der Waals surface area contributed by atoms with Crippen LogP contribution in [0.15, 0.2) is 29.2 Å². The molecular formula is C17H22N2O2S2. The van der Waals surface area contributed by atoms with Crippen LogP contribution in [0.3, 0.4) is 0 Å². The summed E-state index contributed by atoms with van der Waals surface area (Å²) in [6, 6.07) is 8.25. The van der Waals surface area contributed by atoms with Gasteiger partial charge in [-0.05, 0) is 37.6 Å². The Hall–Kier alpha value is -1.37. The molecule has 1 fully saturated rings. The molecule has 0 radical (unpaired) electrons. The Morgan fingerprint density at radius 1 is 1.26 bits per heavy atom. The normalized spacial score (nSPS) is 16.5. The van der Waals surface area contributed by atoms with Gasteiger partial charge in [-0.15, -0.1) is 0 Å². The third kappa shape index (κ3) is 4.34. The number of hydrogen-bond acceptors (Lipinski definition) is 5. The van der Waals surface area contributed by atoms with E-state index in [-0.39, 0.29) is 5.91 Å². The van der Waals surface area contributed by atoms with Gasteiger partial charge in [-0.1, -0.05) is 36.1 Å². The van der Waals surface area contributed by atoms with E-state index in [2.05, 4.69) is 30.9 Å². The number of carbonyl (C=O) groups is 1. The molecule has 124 valence electrons. The Labute approximate surface area is 147 Å². The maximum atomic E-state index is 12.4. The molecule has 4 nitrogen and oxygen atoms in total. The van der Waals surface area contributed by atoms with Crippen LogP contribution in [0.1, 0.15) is 19.4 Å². The fourth-order valence-electron chi connectivity index (χ4n) is 2.40. The van der Waals surface area contributed by atoms with Crippen molar-refractivity contribution in [2.45, 2.75) is 13.8 Å². The highest BCUT2D eigenvalue weighted by molar-refractivity contribution is 8.26. The molecule has 1 amide bonds. The molecule has 0 bridgehead atoms. The summed E-state index contributed by atoms with van der Waals surface area (Å²) in [6.45, 7) is 7.23. The first-order valence-corrected chi connectivity index (χ1v) is 8.92. The molecule has 0 N–H and O–H groups in total. The zero-order valence-electron chi connectivity index (χ0n) is 13.7. The summed E-state index contributed by atoms with van der Waals surface area (Å²) in [5.41, 5.74) is 2.20. The fraction of sp³-hybridized carbons (Fsp3) is 0.412. The topological polar surface area (TPSA) is 32.8 Å². The second kappa shape index (κ2) is 8.47. The summed E-state index contributed by atoms with van der Waals surface area (Å²) < 4.78 is 5.62. The van der Waals surface area contributed by atoms with Crippen molar-refractivity contribution < 1.29 is 9.53 Å². The van der Waals surface area contributed by atoms with Crippen molar-refractivity contribution in [2.75, 3.05) is 38.3 Å². The van der Waals surface area contributed by atoms with E-state index in [1.807, 2.05) is 18.2 Å². The van der Waals surface area contributed by atoms with Gasteiger partial charge >= 0.3 is 0 Å². The molecule has 0 aromatic heterocycles. The fourth-order valence-corrected chi connectivity index (χ4v) is 3.71. The summed E-state index contributed by atoms with van der Waals surface area (Å²) in [5.74, 6) is -0.0372. The molecule has 1 aromatic rings. The number of thioether (sulfide) groups is 1.